The van der Waals surface area contributed by atoms with Crippen LogP contribution in [-0.2, 0) is 4.79 Å². The monoisotopic (exact) mass is 184 g/mol. The lowest BCUT2D eigenvalue weighted by atomic mass is 9.89. The number of carbonyl (C=O) groups is 1. The predicted octanol–water partition coefficient (Wildman–Crippen LogP) is 3.08. The molecule has 0 aromatic rings. The molecule has 1 nitrogen and oxygen atoms in total. The molecule has 1 saturated carbocycles. The molecule has 1 fully saturated rings. The van der Waals surface area contributed by atoms with Gasteiger partial charge in [0.25, 0.3) is 0 Å². The van der Waals surface area contributed by atoms with Gasteiger partial charge in [-0.05, 0) is 18.8 Å². The quantitative estimate of drug-likeness (QED) is 0.572. The van der Waals surface area contributed by atoms with Gasteiger partial charge in [0.2, 0.25) is 0 Å². The third-order valence-corrected chi connectivity index (χ3v) is 5.69. The molecule has 0 spiro atoms. The van der Waals surface area contributed by atoms with Crippen molar-refractivity contribution in [1.82, 2.24) is 0 Å². The van der Waals surface area contributed by atoms with E-state index in [2.05, 4.69) is 26.6 Å². The van der Waals surface area contributed by atoms with E-state index in [-0.39, 0.29) is 0 Å². The summed E-state index contributed by atoms with van der Waals surface area (Å²) in [4.78, 5) is 11.7. The highest BCUT2D eigenvalue weighted by atomic mass is 28.3. The summed E-state index contributed by atoms with van der Waals surface area (Å²) in [5.74, 6) is 1.20. The lowest BCUT2D eigenvalue weighted by molar-refractivity contribution is -0.121. The smallest absolute Gasteiger partial charge is 0.133 e. The molecular formula is C10H20OSi. The number of carbonyl (C=O) groups excluding carboxylic acids is 1. The van der Waals surface area contributed by atoms with Gasteiger partial charge in [0.05, 0.1) is 8.07 Å². The predicted molar refractivity (Wildman–Crippen MR) is 55.1 cm³/mol. The summed E-state index contributed by atoms with van der Waals surface area (Å²) in [5, 5.41) is 0. The van der Waals surface area contributed by atoms with Crippen molar-refractivity contribution in [2.45, 2.75) is 51.4 Å². The second-order valence-corrected chi connectivity index (χ2v) is 10.5. The van der Waals surface area contributed by atoms with Gasteiger partial charge in [-0.15, -0.1) is 0 Å². The number of hydrogen-bond donors (Lipinski definition) is 0. The lowest BCUT2D eigenvalue weighted by Gasteiger charge is -2.36. The fraction of sp³-hybridized carbons (Fsp3) is 0.900. The van der Waals surface area contributed by atoms with Crippen molar-refractivity contribution in [2.24, 2.45) is 5.92 Å². The normalized spacial score (nSPS) is 32.2. The van der Waals surface area contributed by atoms with Crippen LogP contribution in [0.4, 0.5) is 0 Å². The molecule has 0 bridgehead atoms. The first-order valence-electron chi connectivity index (χ1n) is 4.95. The molecule has 0 saturated heterocycles. The largest absolute Gasteiger partial charge is 0.300 e. The van der Waals surface area contributed by atoms with Crippen molar-refractivity contribution in [3.8, 4) is 0 Å². The van der Waals surface area contributed by atoms with Gasteiger partial charge in [0, 0.05) is 12.0 Å². The van der Waals surface area contributed by atoms with E-state index < -0.39 is 8.07 Å². The van der Waals surface area contributed by atoms with Crippen LogP contribution in [0.25, 0.3) is 0 Å². The Morgan fingerprint density at radius 3 is 2.25 bits per heavy atom. The third kappa shape index (κ3) is 1.97. The summed E-state index contributed by atoms with van der Waals surface area (Å²) >= 11 is 0. The van der Waals surface area contributed by atoms with Gasteiger partial charge < -0.3 is 0 Å². The van der Waals surface area contributed by atoms with Crippen molar-refractivity contribution in [3.63, 3.8) is 0 Å². The number of ketones is 1. The molecule has 1 rings (SSSR count). The summed E-state index contributed by atoms with van der Waals surface area (Å²) in [5.41, 5.74) is 0.436. The maximum atomic E-state index is 11.7. The molecule has 70 valence electrons. The third-order valence-electron chi connectivity index (χ3n) is 2.93. The lowest BCUT2D eigenvalue weighted by Crippen LogP contribution is -2.39. The van der Waals surface area contributed by atoms with Gasteiger partial charge in [-0.3, -0.25) is 4.79 Å². The standard InChI is InChI=1S/C10H20OSi/c1-8-6-5-7-9(11)10(8)12(2,3)4/h8,10H,5-7H2,1-4H3/t8-,10-/m0/s1. The zero-order valence-corrected chi connectivity index (χ0v) is 9.68. The van der Waals surface area contributed by atoms with Crippen molar-refractivity contribution >= 4 is 13.9 Å². The summed E-state index contributed by atoms with van der Waals surface area (Å²) < 4.78 is 0. The van der Waals surface area contributed by atoms with E-state index in [1.165, 1.54) is 6.42 Å². The van der Waals surface area contributed by atoms with E-state index in [0.717, 1.165) is 12.8 Å². The number of rotatable bonds is 1. The Balaban J connectivity index is 2.77. The second-order valence-electron chi connectivity index (χ2n) is 5.18. The Bertz CT molecular complexity index is 181. The highest BCUT2D eigenvalue weighted by molar-refractivity contribution is 6.80. The van der Waals surface area contributed by atoms with Gasteiger partial charge >= 0.3 is 0 Å². The zero-order chi connectivity index (χ0) is 9.35. The van der Waals surface area contributed by atoms with E-state index in [1.807, 2.05) is 0 Å². The van der Waals surface area contributed by atoms with E-state index in [0.29, 0.717) is 17.2 Å². The van der Waals surface area contributed by atoms with Gasteiger partial charge in [-0.2, -0.15) is 0 Å². The van der Waals surface area contributed by atoms with Crippen LogP contribution in [0, 0.1) is 5.92 Å². The Morgan fingerprint density at radius 1 is 1.33 bits per heavy atom. The van der Waals surface area contributed by atoms with Crippen LogP contribution >= 0.6 is 0 Å². The number of Topliss-reactive ketones (excluding diaryl/α,β-unsaturated/α-hetero) is 1. The van der Waals surface area contributed by atoms with E-state index in [4.69, 9.17) is 0 Å². The first kappa shape index (κ1) is 9.97. The average molecular weight is 184 g/mol. The van der Waals surface area contributed by atoms with Crippen molar-refractivity contribution in [2.75, 3.05) is 0 Å². The van der Waals surface area contributed by atoms with Crippen molar-refractivity contribution < 1.29 is 4.79 Å². The number of hydrogen-bond acceptors (Lipinski definition) is 1. The van der Waals surface area contributed by atoms with Crippen LogP contribution in [0.15, 0.2) is 0 Å². The first-order chi connectivity index (χ1) is 5.43. The maximum absolute atomic E-state index is 11.7. The molecular weight excluding hydrogens is 164 g/mol. The summed E-state index contributed by atoms with van der Waals surface area (Å²) in [7, 11) is -1.23. The van der Waals surface area contributed by atoms with Gasteiger partial charge in [-0.1, -0.05) is 26.6 Å². The molecule has 0 aromatic carbocycles. The van der Waals surface area contributed by atoms with E-state index in [9.17, 15) is 4.79 Å². The summed E-state index contributed by atoms with van der Waals surface area (Å²) in [6, 6.07) is 0. The van der Waals surface area contributed by atoms with Crippen LogP contribution in [0.1, 0.15) is 26.2 Å². The Kier molecular flexibility index (Phi) is 2.76. The van der Waals surface area contributed by atoms with Gasteiger partial charge in [-0.25, -0.2) is 0 Å². The van der Waals surface area contributed by atoms with Crippen LogP contribution < -0.4 is 0 Å². The molecule has 2 atom stereocenters. The summed E-state index contributed by atoms with van der Waals surface area (Å²) in [6.45, 7) is 9.20. The maximum Gasteiger partial charge on any atom is 0.133 e. The van der Waals surface area contributed by atoms with Gasteiger partial charge in [0.1, 0.15) is 5.78 Å². The van der Waals surface area contributed by atoms with Crippen LogP contribution in [0.5, 0.6) is 0 Å². The molecule has 0 aromatic heterocycles. The first-order valence-corrected chi connectivity index (χ1v) is 8.53. The Hall–Kier alpha value is -0.113. The molecule has 2 heteroatoms. The topological polar surface area (TPSA) is 17.1 Å². The SMILES string of the molecule is C[C@H]1CCCC(=O)[C@H]1[Si](C)(C)C. The van der Waals surface area contributed by atoms with Crippen LogP contribution in [0.3, 0.4) is 0 Å². The summed E-state index contributed by atoms with van der Waals surface area (Å²) in [6.07, 6.45) is 3.24. The minimum atomic E-state index is -1.23. The molecule has 0 N–H and O–H groups in total. The minimum absolute atomic E-state index is 0.436. The zero-order valence-electron chi connectivity index (χ0n) is 8.68. The van der Waals surface area contributed by atoms with Crippen molar-refractivity contribution in [3.05, 3.63) is 0 Å². The van der Waals surface area contributed by atoms with Crippen LogP contribution in [0.2, 0.25) is 25.2 Å². The molecule has 0 heterocycles. The fourth-order valence-electron chi connectivity index (χ4n) is 2.57. The Labute approximate surface area is 76.6 Å². The molecule has 12 heavy (non-hydrogen) atoms. The molecule has 1 aliphatic rings. The second kappa shape index (κ2) is 3.33. The minimum Gasteiger partial charge on any atom is -0.300 e. The molecule has 0 aliphatic heterocycles. The van der Waals surface area contributed by atoms with E-state index in [1.54, 1.807) is 0 Å². The fourth-order valence-corrected chi connectivity index (χ4v) is 5.56. The highest BCUT2D eigenvalue weighted by Crippen LogP contribution is 2.38. The van der Waals surface area contributed by atoms with Gasteiger partial charge in [0.15, 0.2) is 0 Å². The molecule has 1 aliphatic carbocycles. The molecule has 0 amide bonds. The average Bonchev–Trinajstić information content (AvgIpc) is 1.82. The van der Waals surface area contributed by atoms with Crippen LogP contribution in [-0.4, -0.2) is 13.9 Å². The molecule has 0 unspecified atom stereocenters. The van der Waals surface area contributed by atoms with E-state index >= 15 is 0 Å². The highest BCUT2D eigenvalue weighted by Gasteiger charge is 2.38. The Morgan fingerprint density at radius 2 is 1.92 bits per heavy atom. The van der Waals surface area contributed by atoms with Crippen molar-refractivity contribution in [1.29, 1.82) is 0 Å². The molecule has 0 radical (unpaired) electrons.